The Labute approximate surface area is 100 Å². The molecule has 0 atom stereocenters. The molecule has 0 spiro atoms. The Balaban J connectivity index is 2.62. The van der Waals surface area contributed by atoms with Gasteiger partial charge in [-0.1, -0.05) is 17.7 Å². The predicted octanol–water partition coefficient (Wildman–Crippen LogP) is 3.03. The van der Waals surface area contributed by atoms with Gasteiger partial charge < -0.3 is 10.5 Å². The van der Waals surface area contributed by atoms with E-state index in [1.165, 1.54) is 18.2 Å². The smallest absolute Gasteiger partial charge is 0.392 e. The van der Waals surface area contributed by atoms with Crippen molar-refractivity contribution in [2.75, 3.05) is 12.3 Å². The number of esters is 1. The molecule has 3 nitrogen and oxygen atoms in total. The van der Waals surface area contributed by atoms with Gasteiger partial charge in [0, 0.05) is 0 Å². The zero-order valence-corrected chi connectivity index (χ0v) is 9.31. The van der Waals surface area contributed by atoms with Crippen molar-refractivity contribution in [3.63, 3.8) is 0 Å². The van der Waals surface area contributed by atoms with Crippen LogP contribution < -0.4 is 5.73 Å². The van der Waals surface area contributed by atoms with Gasteiger partial charge in [0.15, 0.2) is 0 Å². The number of benzene rings is 1. The minimum atomic E-state index is -4.36. The first-order valence-corrected chi connectivity index (χ1v) is 4.97. The van der Waals surface area contributed by atoms with E-state index < -0.39 is 25.2 Å². The normalized spacial score (nSPS) is 11.3. The summed E-state index contributed by atoms with van der Waals surface area (Å²) < 4.78 is 39.9. The second-order valence-corrected chi connectivity index (χ2v) is 3.59. The van der Waals surface area contributed by atoms with Crippen LogP contribution in [0.1, 0.15) is 16.8 Å². The minimum absolute atomic E-state index is 0.0236. The van der Waals surface area contributed by atoms with Crippen LogP contribution in [0.15, 0.2) is 18.2 Å². The molecule has 0 heterocycles. The Morgan fingerprint density at radius 1 is 1.41 bits per heavy atom. The maximum Gasteiger partial charge on any atom is 0.392 e. The Morgan fingerprint density at radius 3 is 2.65 bits per heavy atom. The third-order valence-electron chi connectivity index (χ3n) is 1.87. The van der Waals surface area contributed by atoms with Gasteiger partial charge in [-0.2, -0.15) is 13.2 Å². The number of nitrogens with two attached hydrogens (primary N) is 1. The van der Waals surface area contributed by atoms with Crippen LogP contribution in [0, 0.1) is 0 Å². The number of halogens is 4. The van der Waals surface area contributed by atoms with Crippen LogP contribution in [0.4, 0.5) is 18.9 Å². The third kappa shape index (κ3) is 4.14. The van der Waals surface area contributed by atoms with E-state index in [0.29, 0.717) is 0 Å². The number of hydrogen-bond acceptors (Lipinski definition) is 3. The van der Waals surface area contributed by atoms with Crippen molar-refractivity contribution in [3.8, 4) is 0 Å². The lowest BCUT2D eigenvalue weighted by molar-refractivity contribution is -0.141. The molecule has 0 aromatic heterocycles. The predicted molar refractivity (Wildman–Crippen MR) is 56.8 cm³/mol. The van der Waals surface area contributed by atoms with Crippen LogP contribution in [0.25, 0.3) is 0 Å². The van der Waals surface area contributed by atoms with Crippen molar-refractivity contribution >= 4 is 23.3 Å². The highest BCUT2D eigenvalue weighted by Crippen LogP contribution is 2.24. The summed E-state index contributed by atoms with van der Waals surface area (Å²) in [6, 6.07) is 4.25. The van der Waals surface area contributed by atoms with Gasteiger partial charge in [-0.3, -0.25) is 0 Å². The van der Waals surface area contributed by atoms with E-state index in [0.717, 1.165) is 0 Å². The first-order chi connectivity index (χ1) is 7.81. The number of hydrogen-bond donors (Lipinski definition) is 1. The lowest BCUT2D eigenvalue weighted by atomic mass is 10.2. The summed E-state index contributed by atoms with van der Waals surface area (Å²) in [5.41, 5.74) is 5.55. The molecule has 1 rings (SSSR count). The molecule has 0 bridgehead atoms. The van der Waals surface area contributed by atoms with Gasteiger partial charge in [-0.15, -0.1) is 0 Å². The van der Waals surface area contributed by atoms with E-state index in [9.17, 15) is 18.0 Å². The molecule has 2 N–H and O–H groups in total. The van der Waals surface area contributed by atoms with Crippen molar-refractivity contribution in [2.45, 2.75) is 12.6 Å². The van der Waals surface area contributed by atoms with E-state index in [-0.39, 0.29) is 16.3 Å². The second kappa shape index (κ2) is 5.27. The Morgan fingerprint density at radius 2 is 2.06 bits per heavy atom. The number of carbonyl (C=O) groups is 1. The number of anilines is 1. The Kier molecular flexibility index (Phi) is 4.22. The lowest BCUT2D eigenvalue weighted by Gasteiger charge is -2.09. The molecule has 0 saturated carbocycles. The van der Waals surface area contributed by atoms with E-state index in [4.69, 9.17) is 17.3 Å². The highest BCUT2D eigenvalue weighted by molar-refractivity contribution is 6.36. The standard InChI is InChI=1S/C10H9ClF3NO2/c11-8-6(2-1-3-7(8)15)9(16)17-5-4-10(12,13)14/h1-3H,4-5,15H2. The summed E-state index contributed by atoms with van der Waals surface area (Å²) in [6.45, 7) is -0.743. The second-order valence-electron chi connectivity index (χ2n) is 3.21. The monoisotopic (exact) mass is 267 g/mol. The maximum atomic E-state index is 11.8. The summed E-state index contributed by atoms with van der Waals surface area (Å²) in [4.78, 5) is 11.4. The van der Waals surface area contributed by atoms with Crippen molar-refractivity contribution in [1.82, 2.24) is 0 Å². The molecular weight excluding hydrogens is 259 g/mol. The van der Waals surface area contributed by atoms with E-state index in [1.807, 2.05) is 0 Å². The van der Waals surface area contributed by atoms with E-state index in [1.54, 1.807) is 0 Å². The molecule has 17 heavy (non-hydrogen) atoms. The van der Waals surface area contributed by atoms with Crippen LogP contribution in [0.5, 0.6) is 0 Å². The first kappa shape index (κ1) is 13.6. The van der Waals surface area contributed by atoms with Gasteiger partial charge >= 0.3 is 12.1 Å². The summed E-state index contributed by atoms with van der Waals surface area (Å²) >= 11 is 5.71. The van der Waals surface area contributed by atoms with Gasteiger partial charge in [0.05, 0.1) is 22.7 Å². The molecule has 0 unspecified atom stereocenters. The molecule has 0 amide bonds. The molecule has 0 fully saturated rings. The molecular formula is C10H9ClF3NO2. The van der Waals surface area contributed by atoms with Gasteiger partial charge in [0.25, 0.3) is 0 Å². The van der Waals surface area contributed by atoms with Crippen molar-refractivity contribution in [3.05, 3.63) is 28.8 Å². The molecule has 0 radical (unpaired) electrons. The Bertz CT molecular complexity index is 421. The fourth-order valence-electron chi connectivity index (χ4n) is 1.04. The molecule has 0 aliphatic carbocycles. The molecule has 0 saturated heterocycles. The lowest BCUT2D eigenvalue weighted by Crippen LogP contribution is -2.15. The van der Waals surface area contributed by atoms with Gasteiger partial charge in [-0.25, -0.2) is 4.79 Å². The topological polar surface area (TPSA) is 52.3 Å². The van der Waals surface area contributed by atoms with Crippen LogP contribution in [0.3, 0.4) is 0 Å². The highest BCUT2D eigenvalue weighted by Gasteiger charge is 2.27. The zero-order valence-electron chi connectivity index (χ0n) is 8.55. The van der Waals surface area contributed by atoms with Crippen LogP contribution in [-0.2, 0) is 4.74 Å². The average Bonchev–Trinajstić information content (AvgIpc) is 2.20. The van der Waals surface area contributed by atoms with Gasteiger partial charge in [0.1, 0.15) is 6.61 Å². The average molecular weight is 268 g/mol. The quantitative estimate of drug-likeness (QED) is 0.676. The van der Waals surface area contributed by atoms with Crippen molar-refractivity contribution < 1.29 is 22.7 Å². The molecule has 0 aliphatic heterocycles. The largest absolute Gasteiger partial charge is 0.462 e. The maximum absolute atomic E-state index is 11.8. The SMILES string of the molecule is Nc1cccc(C(=O)OCCC(F)(F)F)c1Cl. The van der Waals surface area contributed by atoms with Gasteiger partial charge in [0.2, 0.25) is 0 Å². The van der Waals surface area contributed by atoms with Crippen LogP contribution >= 0.6 is 11.6 Å². The van der Waals surface area contributed by atoms with E-state index in [2.05, 4.69) is 4.74 Å². The fraction of sp³-hybridized carbons (Fsp3) is 0.300. The van der Waals surface area contributed by atoms with Gasteiger partial charge in [-0.05, 0) is 12.1 Å². The number of rotatable bonds is 3. The highest BCUT2D eigenvalue weighted by atomic mass is 35.5. The number of alkyl halides is 3. The molecule has 0 aliphatic rings. The zero-order chi connectivity index (χ0) is 13.1. The fourth-order valence-corrected chi connectivity index (χ4v) is 1.25. The van der Waals surface area contributed by atoms with Crippen LogP contribution in [0.2, 0.25) is 5.02 Å². The minimum Gasteiger partial charge on any atom is -0.462 e. The van der Waals surface area contributed by atoms with Crippen LogP contribution in [-0.4, -0.2) is 18.8 Å². The molecule has 94 valence electrons. The molecule has 1 aromatic carbocycles. The first-order valence-electron chi connectivity index (χ1n) is 4.59. The molecule has 7 heteroatoms. The summed E-state index contributed by atoms with van der Waals surface area (Å²) in [5, 5.41) is -0.0236. The van der Waals surface area contributed by atoms with E-state index >= 15 is 0 Å². The molecule has 1 aromatic rings. The number of nitrogen functional groups attached to an aromatic ring is 1. The number of ether oxygens (including phenoxy) is 1. The third-order valence-corrected chi connectivity index (χ3v) is 2.29. The summed E-state index contributed by atoms with van der Waals surface area (Å²) in [5.74, 6) is -0.924. The Hall–Kier alpha value is -1.43. The van der Waals surface area contributed by atoms with Crippen molar-refractivity contribution in [1.29, 1.82) is 0 Å². The summed E-state index contributed by atoms with van der Waals surface area (Å²) in [6.07, 6.45) is -5.56. The number of carbonyl (C=O) groups excluding carboxylic acids is 1. The van der Waals surface area contributed by atoms with Crippen molar-refractivity contribution in [2.24, 2.45) is 0 Å². The summed E-state index contributed by atoms with van der Waals surface area (Å²) in [7, 11) is 0.